The van der Waals surface area contributed by atoms with Crippen LogP contribution in [0, 0.1) is 22.7 Å². The van der Waals surface area contributed by atoms with Crippen LogP contribution < -0.4 is 4.90 Å². The highest BCUT2D eigenvalue weighted by atomic mass is 79.9. The van der Waals surface area contributed by atoms with Crippen molar-refractivity contribution in [2.75, 3.05) is 10.2 Å². The maximum Gasteiger partial charge on any atom is 0.134 e. The van der Waals surface area contributed by atoms with Crippen LogP contribution >= 0.6 is 15.9 Å². The Morgan fingerprint density at radius 2 is 1.24 bits per heavy atom. The number of alkyl halides is 1. The Kier molecular flexibility index (Phi) is 7.19. The van der Waals surface area contributed by atoms with Crippen LogP contribution in [0.5, 0.6) is 0 Å². The number of allylic oxidation sites excluding steroid dienone is 2. The fourth-order valence-corrected chi connectivity index (χ4v) is 6.48. The molecule has 0 unspecified atom stereocenters. The van der Waals surface area contributed by atoms with E-state index in [1.54, 1.807) is 0 Å². The number of anilines is 3. The summed E-state index contributed by atoms with van der Waals surface area (Å²) in [6, 6.07) is 38.3. The van der Waals surface area contributed by atoms with Gasteiger partial charge in [0.2, 0.25) is 0 Å². The molecule has 0 amide bonds. The number of rotatable bonds is 7. The zero-order valence-corrected chi connectivity index (χ0v) is 23.2. The van der Waals surface area contributed by atoms with Crippen molar-refractivity contribution in [2.24, 2.45) is 0 Å². The van der Waals surface area contributed by atoms with Gasteiger partial charge in [-0.1, -0.05) is 84.4 Å². The minimum absolute atomic E-state index is 0.152. The van der Waals surface area contributed by atoms with E-state index in [1.807, 2.05) is 18.2 Å². The zero-order valence-electron chi connectivity index (χ0n) is 21.6. The molecule has 1 aliphatic carbocycles. The first kappa shape index (κ1) is 25.5. The smallest absolute Gasteiger partial charge is 0.134 e. The molecule has 3 nitrogen and oxygen atoms in total. The maximum absolute atomic E-state index is 9.53. The molecule has 5 rings (SSSR count). The van der Waals surface area contributed by atoms with Crippen molar-refractivity contribution < 1.29 is 0 Å². The summed E-state index contributed by atoms with van der Waals surface area (Å²) in [5.41, 5.74) is 10.1. The number of hydrogen-bond donors (Lipinski definition) is 0. The third kappa shape index (κ3) is 4.12. The molecule has 0 heterocycles. The van der Waals surface area contributed by atoms with E-state index in [4.69, 9.17) is 0 Å². The summed E-state index contributed by atoms with van der Waals surface area (Å²) in [4.78, 5) is 2.31. The van der Waals surface area contributed by atoms with Gasteiger partial charge in [0.25, 0.3) is 0 Å². The van der Waals surface area contributed by atoms with Gasteiger partial charge < -0.3 is 4.90 Å². The lowest BCUT2D eigenvalue weighted by atomic mass is 9.73. The number of fused-ring (bicyclic) bond motifs is 3. The fourth-order valence-electron chi connectivity index (χ4n) is 5.87. The van der Waals surface area contributed by atoms with E-state index in [9.17, 15) is 10.5 Å². The molecule has 0 bridgehead atoms. The Hall–Kier alpha value is -4.12. The topological polar surface area (TPSA) is 50.8 Å². The molecule has 1 aliphatic rings. The zero-order chi connectivity index (χ0) is 26.7. The summed E-state index contributed by atoms with van der Waals surface area (Å²) in [5, 5.41) is 19.5. The molecule has 0 spiro atoms. The van der Waals surface area contributed by atoms with Crippen molar-refractivity contribution in [3.8, 4) is 23.3 Å². The Morgan fingerprint density at radius 3 is 1.74 bits per heavy atom. The monoisotopic (exact) mass is 557 g/mol. The third-order valence-electron chi connectivity index (χ3n) is 7.85. The van der Waals surface area contributed by atoms with Crippen molar-refractivity contribution >= 4 is 38.6 Å². The van der Waals surface area contributed by atoms with Gasteiger partial charge in [0.15, 0.2) is 0 Å². The number of nitrogens with zero attached hydrogens (tertiary/aromatic N) is 3. The van der Waals surface area contributed by atoms with Gasteiger partial charge in [-0.3, -0.25) is 0 Å². The van der Waals surface area contributed by atoms with E-state index in [0.29, 0.717) is 5.33 Å². The predicted octanol–water partition coefficient (Wildman–Crippen LogP) is 9.44. The summed E-state index contributed by atoms with van der Waals surface area (Å²) in [7, 11) is 0. The van der Waals surface area contributed by atoms with E-state index in [1.165, 1.54) is 22.3 Å². The molecule has 4 heteroatoms. The highest BCUT2D eigenvalue weighted by Gasteiger charge is 2.41. The first-order chi connectivity index (χ1) is 18.6. The normalized spacial score (nSPS) is 12.6. The van der Waals surface area contributed by atoms with Gasteiger partial charge in [-0.2, -0.15) is 10.5 Å². The highest BCUT2D eigenvalue weighted by molar-refractivity contribution is 9.09. The maximum atomic E-state index is 9.53. The molecule has 38 heavy (non-hydrogen) atoms. The van der Waals surface area contributed by atoms with Crippen molar-refractivity contribution in [1.82, 2.24) is 0 Å². The number of nitriles is 2. The second-order valence-corrected chi connectivity index (χ2v) is 10.1. The highest BCUT2D eigenvalue weighted by Crippen LogP contribution is 2.54. The molecule has 4 aromatic rings. The van der Waals surface area contributed by atoms with E-state index in [0.717, 1.165) is 41.0 Å². The fraction of sp³-hybridized carbons (Fsp3) is 0.176. The van der Waals surface area contributed by atoms with Crippen molar-refractivity contribution in [2.45, 2.75) is 32.1 Å². The van der Waals surface area contributed by atoms with Crippen molar-refractivity contribution in [1.29, 1.82) is 10.5 Å². The van der Waals surface area contributed by atoms with E-state index in [2.05, 4.69) is 126 Å². The van der Waals surface area contributed by atoms with Gasteiger partial charge in [-0.15, -0.1) is 0 Å². The van der Waals surface area contributed by atoms with Crippen molar-refractivity contribution in [3.63, 3.8) is 0 Å². The van der Waals surface area contributed by atoms with E-state index in [-0.39, 0.29) is 11.0 Å². The van der Waals surface area contributed by atoms with Crippen LogP contribution in [0.2, 0.25) is 0 Å². The lowest BCUT2D eigenvalue weighted by Crippen LogP contribution is -2.23. The largest absolute Gasteiger partial charge is 0.310 e. The summed E-state index contributed by atoms with van der Waals surface area (Å²) in [6.07, 6.45) is 1.90. The Morgan fingerprint density at radius 1 is 0.711 bits per heavy atom. The molecule has 186 valence electrons. The predicted molar refractivity (Wildman–Crippen MR) is 160 cm³/mol. The molecule has 4 aromatic carbocycles. The number of benzene rings is 4. The minimum atomic E-state index is -0.160. The lowest BCUT2D eigenvalue weighted by Gasteiger charge is -2.32. The van der Waals surface area contributed by atoms with E-state index < -0.39 is 0 Å². The first-order valence-corrected chi connectivity index (χ1v) is 14.0. The summed E-state index contributed by atoms with van der Waals surface area (Å²) in [6.45, 7) is 4.51. The Bertz CT molecular complexity index is 1530. The van der Waals surface area contributed by atoms with Crippen LogP contribution in [0.25, 0.3) is 16.7 Å². The average Bonchev–Trinajstić information content (AvgIpc) is 3.25. The Labute approximate surface area is 233 Å². The molecular weight excluding hydrogens is 530 g/mol. The number of hydrogen-bond acceptors (Lipinski definition) is 3. The molecule has 0 N–H and O–H groups in total. The molecule has 0 saturated carbocycles. The molecule has 0 atom stereocenters. The standard InChI is InChI=1S/C34H28BrN3/c1-3-34(4-2)32-19-24(31(21-35)25(22-36)23-37)15-17-29(32)30-18-16-28(20-33(30)34)38(26-11-7-5-8-12-26)27-13-9-6-10-14-27/h5-20H,3-4,21H2,1-2H3. The quantitative estimate of drug-likeness (QED) is 0.168. The summed E-state index contributed by atoms with van der Waals surface area (Å²) < 4.78 is 0. The molecule has 0 fully saturated rings. The minimum Gasteiger partial charge on any atom is -0.310 e. The Balaban J connectivity index is 1.71. The van der Waals surface area contributed by atoms with Crippen LogP contribution in [0.1, 0.15) is 43.4 Å². The van der Waals surface area contributed by atoms with E-state index >= 15 is 0 Å². The van der Waals surface area contributed by atoms with Gasteiger partial charge >= 0.3 is 0 Å². The molecule has 0 aromatic heterocycles. The second kappa shape index (κ2) is 10.7. The van der Waals surface area contributed by atoms with Gasteiger partial charge in [-0.25, -0.2) is 0 Å². The van der Waals surface area contributed by atoms with Crippen LogP contribution in [0.4, 0.5) is 17.1 Å². The van der Waals surface area contributed by atoms with Gasteiger partial charge in [0, 0.05) is 27.8 Å². The summed E-state index contributed by atoms with van der Waals surface area (Å²) in [5.74, 6) is 0. The SMILES string of the molecule is CCC1(CC)c2cc(C(CBr)=C(C#N)C#N)ccc2-c2ccc(N(c3ccccc3)c3ccccc3)cc21. The molecule has 0 radical (unpaired) electrons. The average molecular weight is 559 g/mol. The van der Waals surface area contributed by atoms with Crippen LogP contribution in [0.3, 0.4) is 0 Å². The molecule has 0 saturated heterocycles. The summed E-state index contributed by atoms with van der Waals surface area (Å²) >= 11 is 3.51. The third-order valence-corrected chi connectivity index (χ3v) is 8.41. The van der Waals surface area contributed by atoms with Crippen LogP contribution in [-0.4, -0.2) is 5.33 Å². The van der Waals surface area contributed by atoms with Crippen LogP contribution in [0.15, 0.2) is 103 Å². The second-order valence-electron chi connectivity index (χ2n) is 9.50. The number of para-hydroxylation sites is 2. The lowest BCUT2D eigenvalue weighted by molar-refractivity contribution is 0.490. The van der Waals surface area contributed by atoms with Crippen LogP contribution in [-0.2, 0) is 5.41 Å². The van der Waals surface area contributed by atoms with Gasteiger partial charge in [0.05, 0.1) is 0 Å². The molecule has 0 aliphatic heterocycles. The molecular formula is C34H28BrN3. The van der Waals surface area contributed by atoms with Gasteiger partial charge in [0.1, 0.15) is 17.7 Å². The number of halogens is 1. The first-order valence-electron chi connectivity index (χ1n) is 12.9. The van der Waals surface area contributed by atoms with Gasteiger partial charge in [-0.05, 0) is 88.7 Å². The van der Waals surface area contributed by atoms with Crippen molar-refractivity contribution in [3.05, 3.63) is 119 Å².